The zero-order chi connectivity index (χ0) is 10.8. The molecule has 0 aromatic heterocycles. The van der Waals surface area contributed by atoms with Crippen molar-refractivity contribution in [3.8, 4) is 5.75 Å². The molecule has 0 unspecified atom stereocenters. The Morgan fingerprint density at radius 3 is 2.36 bits per heavy atom. The van der Waals surface area contributed by atoms with E-state index in [1.807, 2.05) is 25.1 Å². The molecule has 1 rings (SSSR count). The van der Waals surface area contributed by atoms with E-state index in [-0.39, 0.29) is 5.41 Å². The van der Waals surface area contributed by atoms with Gasteiger partial charge in [-0.05, 0) is 29.5 Å². The van der Waals surface area contributed by atoms with E-state index >= 15 is 0 Å². The lowest BCUT2D eigenvalue weighted by atomic mass is 9.86. The molecule has 0 saturated heterocycles. The van der Waals surface area contributed by atoms with Gasteiger partial charge in [-0.25, -0.2) is 4.39 Å². The van der Waals surface area contributed by atoms with Gasteiger partial charge in [-0.15, -0.1) is 0 Å². The molecule has 0 saturated carbocycles. The van der Waals surface area contributed by atoms with E-state index < -0.39 is 6.86 Å². The Morgan fingerprint density at radius 1 is 1.29 bits per heavy atom. The average molecular weight is 196 g/mol. The van der Waals surface area contributed by atoms with Gasteiger partial charge in [-0.3, -0.25) is 0 Å². The van der Waals surface area contributed by atoms with Gasteiger partial charge in [0.15, 0.2) is 0 Å². The number of hydrogen-bond acceptors (Lipinski definition) is 1. The van der Waals surface area contributed by atoms with Crippen LogP contribution in [-0.4, -0.2) is 6.86 Å². The van der Waals surface area contributed by atoms with E-state index in [1.54, 1.807) is 0 Å². The van der Waals surface area contributed by atoms with Crippen molar-refractivity contribution in [3.05, 3.63) is 29.3 Å². The molecule has 0 heterocycles. The van der Waals surface area contributed by atoms with Gasteiger partial charge < -0.3 is 4.74 Å². The lowest BCUT2D eigenvalue weighted by molar-refractivity contribution is 0.190. The number of aryl methyl sites for hydroxylation is 1. The van der Waals surface area contributed by atoms with Crippen LogP contribution in [0, 0.1) is 6.92 Å². The first kappa shape index (κ1) is 11.0. The molecular weight excluding hydrogens is 179 g/mol. The normalized spacial score (nSPS) is 11.5. The van der Waals surface area contributed by atoms with Gasteiger partial charge in [0, 0.05) is 0 Å². The van der Waals surface area contributed by atoms with Crippen molar-refractivity contribution in [1.82, 2.24) is 0 Å². The van der Waals surface area contributed by atoms with Crippen LogP contribution in [0.3, 0.4) is 0 Å². The highest BCUT2D eigenvalue weighted by Crippen LogP contribution is 2.27. The van der Waals surface area contributed by atoms with Crippen molar-refractivity contribution >= 4 is 0 Å². The Morgan fingerprint density at radius 2 is 1.93 bits per heavy atom. The van der Waals surface area contributed by atoms with Crippen LogP contribution in [0.4, 0.5) is 4.39 Å². The van der Waals surface area contributed by atoms with Crippen LogP contribution in [0.5, 0.6) is 5.75 Å². The molecule has 0 bridgehead atoms. The third-order valence-corrected chi connectivity index (χ3v) is 2.25. The van der Waals surface area contributed by atoms with Crippen LogP contribution in [0.25, 0.3) is 0 Å². The minimum Gasteiger partial charge on any atom is -0.463 e. The molecule has 0 N–H and O–H groups in total. The summed E-state index contributed by atoms with van der Waals surface area (Å²) < 4.78 is 16.8. The molecule has 14 heavy (non-hydrogen) atoms. The second-order valence-electron chi connectivity index (χ2n) is 4.48. The Kier molecular flexibility index (Phi) is 3.14. The molecule has 1 aromatic rings. The van der Waals surface area contributed by atoms with Crippen LogP contribution >= 0.6 is 0 Å². The fraction of sp³-hybridized carbons (Fsp3) is 0.500. The van der Waals surface area contributed by atoms with Crippen LogP contribution in [-0.2, 0) is 5.41 Å². The summed E-state index contributed by atoms with van der Waals surface area (Å²) >= 11 is 0. The van der Waals surface area contributed by atoms with Gasteiger partial charge in [0.25, 0.3) is 0 Å². The molecule has 0 radical (unpaired) electrons. The average Bonchev–Trinajstić information content (AvgIpc) is 2.07. The van der Waals surface area contributed by atoms with Gasteiger partial charge in [0.05, 0.1) is 0 Å². The van der Waals surface area contributed by atoms with E-state index in [4.69, 9.17) is 4.74 Å². The number of rotatable bonds is 2. The van der Waals surface area contributed by atoms with E-state index in [1.165, 1.54) is 5.56 Å². The molecule has 0 aliphatic heterocycles. The second kappa shape index (κ2) is 3.99. The van der Waals surface area contributed by atoms with Gasteiger partial charge in [0.2, 0.25) is 6.86 Å². The molecule has 0 spiro atoms. The zero-order valence-corrected chi connectivity index (χ0v) is 9.23. The monoisotopic (exact) mass is 196 g/mol. The first-order valence-electron chi connectivity index (χ1n) is 4.75. The number of alkyl halides is 1. The fourth-order valence-corrected chi connectivity index (χ4v) is 1.34. The fourth-order valence-electron chi connectivity index (χ4n) is 1.34. The molecule has 0 atom stereocenters. The van der Waals surface area contributed by atoms with Gasteiger partial charge in [-0.1, -0.05) is 32.9 Å². The second-order valence-corrected chi connectivity index (χ2v) is 4.48. The van der Waals surface area contributed by atoms with E-state index in [0.29, 0.717) is 5.75 Å². The number of ether oxygens (including phenoxy) is 1. The summed E-state index contributed by atoms with van der Waals surface area (Å²) in [5.74, 6) is 0.625. The lowest BCUT2D eigenvalue weighted by Crippen LogP contribution is -2.11. The van der Waals surface area contributed by atoms with Crippen LogP contribution in [0.1, 0.15) is 31.9 Å². The predicted molar refractivity (Wildman–Crippen MR) is 56.5 cm³/mol. The van der Waals surface area contributed by atoms with Crippen molar-refractivity contribution in [2.24, 2.45) is 0 Å². The van der Waals surface area contributed by atoms with E-state index in [0.717, 1.165) is 5.56 Å². The summed E-state index contributed by atoms with van der Waals surface area (Å²) in [7, 11) is 0. The molecule has 1 aromatic carbocycles. The summed E-state index contributed by atoms with van der Waals surface area (Å²) in [5.41, 5.74) is 2.34. The summed E-state index contributed by atoms with van der Waals surface area (Å²) in [6.45, 7) is 7.61. The quantitative estimate of drug-likeness (QED) is 0.702. The summed E-state index contributed by atoms with van der Waals surface area (Å²) in [4.78, 5) is 0. The largest absolute Gasteiger partial charge is 0.463 e. The third kappa shape index (κ3) is 2.47. The Labute approximate surface area is 84.9 Å². The molecule has 0 fully saturated rings. The predicted octanol–water partition coefficient (Wildman–Crippen LogP) is 3.60. The summed E-state index contributed by atoms with van der Waals surface area (Å²) in [6, 6.07) is 5.86. The number of benzene rings is 1. The minimum atomic E-state index is -0.768. The van der Waals surface area contributed by atoms with Crippen molar-refractivity contribution in [1.29, 1.82) is 0 Å². The molecule has 78 valence electrons. The molecule has 1 nitrogen and oxygen atoms in total. The topological polar surface area (TPSA) is 9.23 Å². The minimum absolute atomic E-state index is 0.124. The maximum atomic E-state index is 12.0. The number of halogens is 1. The first-order chi connectivity index (χ1) is 6.45. The maximum absolute atomic E-state index is 12.0. The Balaban J connectivity index is 3.01. The van der Waals surface area contributed by atoms with Gasteiger partial charge >= 0.3 is 0 Å². The van der Waals surface area contributed by atoms with E-state index in [9.17, 15) is 4.39 Å². The molecule has 0 amide bonds. The van der Waals surface area contributed by atoms with Gasteiger partial charge in [-0.2, -0.15) is 0 Å². The summed E-state index contributed by atoms with van der Waals surface area (Å²) in [5, 5.41) is 0. The van der Waals surface area contributed by atoms with Crippen molar-refractivity contribution < 1.29 is 9.13 Å². The Hall–Kier alpha value is -1.05. The van der Waals surface area contributed by atoms with Crippen molar-refractivity contribution in [2.75, 3.05) is 6.86 Å². The molecular formula is C12H17FO. The first-order valence-corrected chi connectivity index (χ1v) is 4.75. The molecule has 0 aliphatic carbocycles. The zero-order valence-electron chi connectivity index (χ0n) is 9.23. The van der Waals surface area contributed by atoms with Gasteiger partial charge in [0.1, 0.15) is 5.75 Å². The highest BCUT2D eigenvalue weighted by atomic mass is 19.1. The highest BCUT2D eigenvalue weighted by molar-refractivity contribution is 5.38. The molecule has 0 aliphatic rings. The summed E-state index contributed by atoms with van der Waals surface area (Å²) in [6.07, 6.45) is 0. The SMILES string of the molecule is Cc1cc(C(C)(C)C)ccc1OCF. The third-order valence-electron chi connectivity index (χ3n) is 2.25. The highest BCUT2D eigenvalue weighted by Gasteiger charge is 2.14. The molecule has 2 heteroatoms. The smallest absolute Gasteiger partial charge is 0.228 e. The standard InChI is InChI=1S/C12H17FO/c1-9-7-10(12(2,3)4)5-6-11(9)14-8-13/h5-7H,8H2,1-4H3. The van der Waals surface area contributed by atoms with Crippen LogP contribution in [0.2, 0.25) is 0 Å². The van der Waals surface area contributed by atoms with Crippen molar-refractivity contribution in [2.45, 2.75) is 33.1 Å². The van der Waals surface area contributed by atoms with Crippen LogP contribution < -0.4 is 4.74 Å². The van der Waals surface area contributed by atoms with E-state index in [2.05, 4.69) is 20.8 Å². The Bertz CT molecular complexity index is 313. The number of hydrogen-bond donors (Lipinski definition) is 0. The van der Waals surface area contributed by atoms with Crippen LogP contribution in [0.15, 0.2) is 18.2 Å². The van der Waals surface area contributed by atoms with Crippen molar-refractivity contribution in [3.63, 3.8) is 0 Å². The maximum Gasteiger partial charge on any atom is 0.228 e. The lowest BCUT2D eigenvalue weighted by Gasteiger charge is -2.20.